The molecule has 1 aromatic heterocycles. The number of hydrogen-bond acceptors (Lipinski definition) is 4. The second kappa shape index (κ2) is 13.6. The Bertz CT molecular complexity index is 374. The van der Waals surface area contributed by atoms with Crippen LogP contribution in [0.3, 0.4) is 0 Å². The van der Waals surface area contributed by atoms with Crippen LogP contribution in [0.25, 0.3) is 0 Å². The van der Waals surface area contributed by atoms with Crippen LogP contribution in [0.5, 0.6) is 0 Å². The summed E-state index contributed by atoms with van der Waals surface area (Å²) in [6.45, 7) is 2.95. The van der Waals surface area contributed by atoms with E-state index in [4.69, 9.17) is 9.90 Å². The number of hydrogen-bond donors (Lipinski definition) is 3. The molecule has 0 unspecified atom stereocenters. The molecule has 5 nitrogen and oxygen atoms in total. The Labute approximate surface area is 130 Å². The molecule has 0 radical (unpaired) electrons. The van der Waals surface area contributed by atoms with Gasteiger partial charge in [-0.2, -0.15) is 0 Å². The molecule has 1 heterocycles. The minimum absolute atomic E-state index is 0.250. The van der Waals surface area contributed by atoms with Crippen molar-refractivity contribution < 1.29 is 14.7 Å². The van der Waals surface area contributed by atoms with Crippen molar-refractivity contribution in [1.29, 1.82) is 0 Å². The number of anilines is 1. The molecule has 3 N–H and O–H groups in total. The molecule has 6 heteroatoms. The number of carboxylic acid groups (broad SMARTS) is 1. The first-order valence-electron chi connectivity index (χ1n) is 7.16. The van der Waals surface area contributed by atoms with Gasteiger partial charge in [0.25, 0.3) is 6.47 Å². The number of aryl methyl sites for hydroxylation is 1. The third kappa shape index (κ3) is 10.0. The van der Waals surface area contributed by atoms with E-state index in [1.54, 1.807) is 11.3 Å². The van der Waals surface area contributed by atoms with E-state index in [0.717, 1.165) is 16.5 Å². The Kier molecular flexibility index (Phi) is 12.7. The molecule has 1 aliphatic rings. The Balaban J connectivity index is 0.000000322. The van der Waals surface area contributed by atoms with Crippen LogP contribution < -0.4 is 10.6 Å². The number of rotatable bonds is 4. The monoisotopic (exact) mass is 314 g/mol. The Morgan fingerprint density at radius 1 is 1.33 bits per heavy atom. The molecule has 0 aliphatic heterocycles. The van der Waals surface area contributed by atoms with Gasteiger partial charge in [-0.1, -0.05) is 19.3 Å². The van der Waals surface area contributed by atoms with Crippen molar-refractivity contribution in [2.45, 2.75) is 39.0 Å². The van der Waals surface area contributed by atoms with Gasteiger partial charge in [0.2, 0.25) is 6.41 Å². The van der Waals surface area contributed by atoms with E-state index in [9.17, 15) is 4.79 Å². The predicted octanol–water partition coefficient (Wildman–Crippen LogP) is 3.11. The summed E-state index contributed by atoms with van der Waals surface area (Å²) >= 11 is 1.62. The molecule has 21 heavy (non-hydrogen) atoms. The summed E-state index contributed by atoms with van der Waals surface area (Å²) in [5.41, 5.74) is 0.912. The van der Waals surface area contributed by atoms with Crippen LogP contribution in [0, 0.1) is 12.8 Å². The van der Waals surface area contributed by atoms with Crippen LogP contribution in [0.1, 0.15) is 37.0 Å². The first kappa shape index (κ1) is 19.6. The second-order valence-corrected chi connectivity index (χ2v) is 5.94. The lowest BCUT2D eigenvalue weighted by Crippen LogP contribution is -2.20. The van der Waals surface area contributed by atoms with Crippen LogP contribution in [-0.2, 0) is 9.59 Å². The van der Waals surface area contributed by atoms with E-state index < -0.39 is 0 Å². The summed E-state index contributed by atoms with van der Waals surface area (Å²) < 4.78 is 0. The van der Waals surface area contributed by atoms with Gasteiger partial charge in [-0.15, -0.1) is 11.3 Å². The highest BCUT2D eigenvalue weighted by molar-refractivity contribution is 7.10. The third-order valence-electron chi connectivity index (χ3n) is 3.29. The van der Waals surface area contributed by atoms with Crippen LogP contribution in [0.4, 0.5) is 5.69 Å². The third-order valence-corrected chi connectivity index (χ3v) is 4.14. The summed E-state index contributed by atoms with van der Waals surface area (Å²) in [4.78, 5) is 19.4. The van der Waals surface area contributed by atoms with E-state index in [1.807, 2.05) is 18.4 Å². The number of thiophene rings is 1. The van der Waals surface area contributed by atoms with Gasteiger partial charge in [0.15, 0.2) is 0 Å². The van der Waals surface area contributed by atoms with Crippen LogP contribution in [0.15, 0.2) is 11.4 Å². The maximum Gasteiger partial charge on any atom is 0.290 e. The van der Waals surface area contributed by atoms with E-state index in [1.165, 1.54) is 38.6 Å². The summed E-state index contributed by atoms with van der Waals surface area (Å²) in [6, 6.07) is 1.88. The van der Waals surface area contributed by atoms with Gasteiger partial charge in [-0.05, 0) is 50.7 Å². The molecule has 0 bridgehead atoms. The molecule has 2 rings (SSSR count). The second-order valence-electron chi connectivity index (χ2n) is 4.82. The minimum Gasteiger partial charge on any atom is -0.483 e. The molecule has 0 spiro atoms. The topological polar surface area (TPSA) is 78.4 Å². The van der Waals surface area contributed by atoms with Crippen molar-refractivity contribution in [3.8, 4) is 0 Å². The zero-order chi connectivity index (χ0) is 15.9. The molecule has 1 saturated carbocycles. The first-order valence-corrected chi connectivity index (χ1v) is 8.04. The van der Waals surface area contributed by atoms with Crippen LogP contribution in [-0.4, -0.2) is 31.6 Å². The largest absolute Gasteiger partial charge is 0.483 e. The first-order chi connectivity index (χ1) is 10.2. The van der Waals surface area contributed by atoms with Gasteiger partial charge < -0.3 is 15.7 Å². The van der Waals surface area contributed by atoms with Gasteiger partial charge in [-0.25, -0.2) is 0 Å². The van der Waals surface area contributed by atoms with Gasteiger partial charge in [0.05, 0.1) is 5.69 Å². The minimum atomic E-state index is -0.250. The van der Waals surface area contributed by atoms with E-state index >= 15 is 0 Å². The molecular weight excluding hydrogens is 288 g/mol. The maximum absolute atomic E-state index is 9.92. The lowest BCUT2D eigenvalue weighted by Gasteiger charge is -2.20. The Hall–Kier alpha value is -1.40. The number of amides is 1. The highest BCUT2D eigenvalue weighted by Gasteiger charge is 2.11. The number of nitrogens with one attached hydrogen (secondary N) is 2. The summed E-state index contributed by atoms with van der Waals surface area (Å²) in [7, 11) is 2.05. The SMILES string of the molecule is CNCC1CCCCC1.Cc1sccc1NC=O.O=CO. The number of carbonyl (C=O) groups excluding carboxylic acids is 1. The fourth-order valence-corrected chi connectivity index (χ4v) is 2.94. The fraction of sp³-hybridized carbons (Fsp3) is 0.600. The molecule has 1 fully saturated rings. The predicted molar refractivity (Wildman–Crippen MR) is 87.9 cm³/mol. The summed E-state index contributed by atoms with van der Waals surface area (Å²) in [5, 5.41) is 14.7. The van der Waals surface area contributed by atoms with Crippen LogP contribution in [0.2, 0.25) is 0 Å². The Morgan fingerprint density at radius 3 is 2.38 bits per heavy atom. The molecule has 1 aliphatic carbocycles. The zero-order valence-corrected chi connectivity index (χ0v) is 13.6. The standard InChI is InChI=1S/C8H17N.C6H7NOS.CH2O2/c1-9-7-8-5-3-2-4-6-8;1-5-6(7-4-8)2-3-9-5;2-1-3/h8-9H,2-7H2,1H3;2-4H,1H3,(H,7,8);1H,(H,2,3). The van der Waals surface area contributed by atoms with Gasteiger partial charge >= 0.3 is 0 Å². The smallest absolute Gasteiger partial charge is 0.290 e. The van der Waals surface area contributed by atoms with Crippen molar-refractivity contribution in [1.82, 2.24) is 5.32 Å². The summed E-state index contributed by atoms with van der Waals surface area (Å²) in [6.07, 6.45) is 8.01. The van der Waals surface area contributed by atoms with Crippen molar-refractivity contribution in [2.75, 3.05) is 18.9 Å². The van der Waals surface area contributed by atoms with E-state index in [-0.39, 0.29) is 6.47 Å². The highest BCUT2D eigenvalue weighted by Crippen LogP contribution is 2.22. The molecule has 120 valence electrons. The molecule has 0 saturated heterocycles. The quantitative estimate of drug-likeness (QED) is 0.746. The maximum atomic E-state index is 9.92. The average Bonchev–Trinajstić information content (AvgIpc) is 2.88. The molecule has 1 aromatic rings. The molecule has 1 amide bonds. The van der Waals surface area contributed by atoms with Crippen LogP contribution >= 0.6 is 11.3 Å². The van der Waals surface area contributed by atoms with E-state index in [0.29, 0.717) is 6.41 Å². The normalized spacial score (nSPS) is 14.0. The van der Waals surface area contributed by atoms with Crippen molar-refractivity contribution in [2.24, 2.45) is 5.92 Å². The highest BCUT2D eigenvalue weighted by atomic mass is 32.1. The van der Waals surface area contributed by atoms with Gasteiger partial charge in [-0.3, -0.25) is 9.59 Å². The molecule has 0 aromatic carbocycles. The average molecular weight is 314 g/mol. The van der Waals surface area contributed by atoms with Crippen molar-refractivity contribution in [3.05, 3.63) is 16.3 Å². The summed E-state index contributed by atoms with van der Waals surface area (Å²) in [5.74, 6) is 0.990. The van der Waals surface area contributed by atoms with Crippen molar-refractivity contribution >= 4 is 29.9 Å². The zero-order valence-electron chi connectivity index (χ0n) is 12.8. The fourth-order valence-electron chi connectivity index (χ4n) is 2.28. The molecular formula is C15H26N2O3S. The van der Waals surface area contributed by atoms with Crippen molar-refractivity contribution in [3.63, 3.8) is 0 Å². The Morgan fingerprint density at radius 2 is 1.95 bits per heavy atom. The van der Waals surface area contributed by atoms with Gasteiger partial charge in [0, 0.05) is 4.88 Å². The van der Waals surface area contributed by atoms with E-state index in [2.05, 4.69) is 17.7 Å². The lowest BCUT2D eigenvalue weighted by atomic mass is 9.89. The lowest BCUT2D eigenvalue weighted by molar-refractivity contribution is -0.122. The number of carbonyl (C=O) groups is 2. The molecule has 0 atom stereocenters. The van der Waals surface area contributed by atoms with Gasteiger partial charge in [0.1, 0.15) is 0 Å².